The van der Waals surface area contributed by atoms with Crippen LogP contribution in [-0.2, 0) is 33.9 Å². The van der Waals surface area contributed by atoms with Crippen molar-refractivity contribution in [1.82, 2.24) is 5.32 Å². The Bertz CT molecular complexity index is 1000. The van der Waals surface area contributed by atoms with Crippen LogP contribution < -0.4 is 5.32 Å². The average Bonchev–Trinajstić information content (AvgIpc) is 2.86. The Labute approximate surface area is 198 Å². The van der Waals surface area contributed by atoms with Crippen molar-refractivity contribution in [1.29, 1.82) is 0 Å². The van der Waals surface area contributed by atoms with E-state index in [9.17, 15) is 14.7 Å². The van der Waals surface area contributed by atoms with Gasteiger partial charge in [-0.3, -0.25) is 4.79 Å². The summed E-state index contributed by atoms with van der Waals surface area (Å²) in [4.78, 5) is 24.9. The maximum atomic E-state index is 12.5. The van der Waals surface area contributed by atoms with Gasteiger partial charge in [-0.25, -0.2) is 4.79 Å². The maximum absolute atomic E-state index is 12.5. The van der Waals surface area contributed by atoms with Crippen molar-refractivity contribution >= 4 is 23.7 Å². The standard InChI is InChI=1S/C26H26ClNO5/c27-23(25(30)32-17-20-12-6-2-7-13-20)24(29)22(16-19-10-4-1-5-11-19)28-26(31)33-18-21-14-8-3-9-15-21/h1-15,22-24,29H,16-18H2,(H,28,31)/t22-,23?,24-/m0/s1. The van der Waals surface area contributed by atoms with Gasteiger partial charge in [0.1, 0.15) is 19.3 Å². The molecule has 1 unspecified atom stereocenters. The second-order valence-electron chi connectivity index (χ2n) is 7.49. The topological polar surface area (TPSA) is 84.9 Å². The predicted molar refractivity (Wildman–Crippen MR) is 126 cm³/mol. The summed E-state index contributed by atoms with van der Waals surface area (Å²) in [6.45, 7) is 0.107. The zero-order valence-electron chi connectivity index (χ0n) is 18.0. The molecule has 2 N–H and O–H groups in total. The first-order valence-corrected chi connectivity index (χ1v) is 11.0. The van der Waals surface area contributed by atoms with E-state index in [0.717, 1.165) is 16.7 Å². The zero-order valence-corrected chi connectivity index (χ0v) is 18.7. The minimum atomic E-state index is -1.40. The SMILES string of the molecule is O=C(N[C@@H](Cc1ccccc1)[C@H](O)C(Cl)C(=O)OCc1ccccc1)OCc1ccccc1. The summed E-state index contributed by atoms with van der Waals surface area (Å²) in [6, 6.07) is 26.8. The fourth-order valence-electron chi connectivity index (χ4n) is 3.19. The molecular weight excluding hydrogens is 442 g/mol. The molecular formula is C26H26ClNO5. The summed E-state index contributed by atoms with van der Waals surface area (Å²) in [7, 11) is 0. The van der Waals surface area contributed by atoms with Gasteiger partial charge in [0.15, 0.2) is 5.38 Å². The number of carbonyl (C=O) groups is 2. The Morgan fingerprint density at radius 1 is 0.758 bits per heavy atom. The van der Waals surface area contributed by atoms with Crippen molar-refractivity contribution < 1.29 is 24.2 Å². The minimum Gasteiger partial charge on any atom is -0.460 e. The van der Waals surface area contributed by atoms with Crippen molar-refractivity contribution in [3.8, 4) is 0 Å². The highest BCUT2D eigenvalue weighted by molar-refractivity contribution is 6.30. The molecule has 33 heavy (non-hydrogen) atoms. The first-order valence-electron chi connectivity index (χ1n) is 10.6. The average molecular weight is 468 g/mol. The highest BCUT2D eigenvalue weighted by Crippen LogP contribution is 2.16. The number of halogens is 1. The van der Waals surface area contributed by atoms with Crippen LogP contribution in [0.3, 0.4) is 0 Å². The van der Waals surface area contributed by atoms with E-state index < -0.39 is 29.6 Å². The zero-order chi connectivity index (χ0) is 23.5. The van der Waals surface area contributed by atoms with E-state index in [2.05, 4.69) is 5.32 Å². The van der Waals surface area contributed by atoms with Crippen molar-refractivity contribution in [3.05, 3.63) is 108 Å². The lowest BCUT2D eigenvalue weighted by Gasteiger charge is -2.26. The Balaban J connectivity index is 1.62. The summed E-state index contributed by atoms with van der Waals surface area (Å²) in [6.07, 6.45) is -1.88. The number of ether oxygens (including phenoxy) is 2. The summed E-state index contributed by atoms with van der Waals surface area (Å²) >= 11 is 6.25. The monoisotopic (exact) mass is 467 g/mol. The smallest absolute Gasteiger partial charge is 0.407 e. The van der Waals surface area contributed by atoms with E-state index in [1.807, 2.05) is 91.0 Å². The number of carbonyl (C=O) groups excluding carboxylic acids is 2. The number of alkyl halides is 1. The number of hydrogen-bond acceptors (Lipinski definition) is 5. The second kappa shape index (κ2) is 12.6. The maximum Gasteiger partial charge on any atom is 0.407 e. The number of alkyl carbamates (subject to hydrolysis) is 1. The molecule has 0 fully saturated rings. The van der Waals surface area contributed by atoms with Crippen LogP contribution in [-0.4, -0.2) is 34.7 Å². The number of benzene rings is 3. The van der Waals surface area contributed by atoms with Gasteiger partial charge in [-0.1, -0.05) is 91.0 Å². The molecule has 0 aromatic heterocycles. The quantitative estimate of drug-likeness (QED) is 0.344. The van der Waals surface area contributed by atoms with Crippen molar-refractivity contribution in [3.63, 3.8) is 0 Å². The van der Waals surface area contributed by atoms with Gasteiger partial charge in [-0.05, 0) is 23.1 Å². The first-order chi connectivity index (χ1) is 16.0. The third-order valence-electron chi connectivity index (χ3n) is 4.98. The van der Waals surface area contributed by atoms with E-state index in [0.29, 0.717) is 0 Å². The largest absolute Gasteiger partial charge is 0.460 e. The normalized spacial score (nSPS) is 13.4. The number of amides is 1. The summed E-state index contributed by atoms with van der Waals surface area (Å²) in [5, 5.41) is 12.1. The number of hydrogen-bond donors (Lipinski definition) is 2. The summed E-state index contributed by atoms with van der Waals surface area (Å²) in [5.41, 5.74) is 2.48. The molecule has 7 heteroatoms. The van der Waals surface area contributed by atoms with Crippen LogP contribution >= 0.6 is 11.6 Å². The molecule has 3 aromatic carbocycles. The Morgan fingerprint density at radius 2 is 1.21 bits per heavy atom. The number of esters is 1. The molecule has 0 bridgehead atoms. The molecule has 0 saturated carbocycles. The van der Waals surface area contributed by atoms with E-state index in [1.165, 1.54) is 0 Å². The number of aliphatic hydroxyl groups is 1. The van der Waals surface area contributed by atoms with Crippen LogP contribution in [0, 0.1) is 0 Å². The molecule has 1 amide bonds. The third kappa shape index (κ3) is 7.93. The van der Waals surface area contributed by atoms with Crippen molar-refractivity contribution in [2.24, 2.45) is 0 Å². The summed E-state index contributed by atoms with van der Waals surface area (Å²) in [5.74, 6) is -0.773. The number of aliphatic hydroxyl groups excluding tert-OH is 1. The fourth-order valence-corrected chi connectivity index (χ4v) is 3.43. The molecule has 6 nitrogen and oxygen atoms in total. The predicted octanol–water partition coefficient (Wildman–Crippen LogP) is 4.24. The van der Waals surface area contributed by atoms with Crippen LogP contribution in [0.15, 0.2) is 91.0 Å². The van der Waals surface area contributed by atoms with Gasteiger partial charge in [0.05, 0.1) is 6.04 Å². The molecule has 3 aromatic rings. The molecule has 0 aliphatic rings. The van der Waals surface area contributed by atoms with Crippen LogP contribution in [0.25, 0.3) is 0 Å². The molecule has 0 heterocycles. The van der Waals surface area contributed by atoms with Gasteiger partial charge >= 0.3 is 12.1 Å². The lowest BCUT2D eigenvalue weighted by molar-refractivity contribution is -0.147. The molecule has 3 rings (SSSR count). The van der Waals surface area contributed by atoms with Crippen LogP contribution in [0.4, 0.5) is 4.79 Å². The number of nitrogens with one attached hydrogen (secondary N) is 1. The highest BCUT2D eigenvalue weighted by Gasteiger charge is 2.34. The van der Waals surface area contributed by atoms with Gasteiger partial charge in [-0.2, -0.15) is 0 Å². The minimum absolute atomic E-state index is 0.0332. The van der Waals surface area contributed by atoms with Crippen LogP contribution in [0.5, 0.6) is 0 Å². The van der Waals surface area contributed by atoms with E-state index in [-0.39, 0.29) is 19.6 Å². The first kappa shape index (κ1) is 24.3. The molecule has 0 spiro atoms. The van der Waals surface area contributed by atoms with Gasteiger partial charge in [0, 0.05) is 0 Å². The molecule has 172 valence electrons. The van der Waals surface area contributed by atoms with E-state index >= 15 is 0 Å². The van der Waals surface area contributed by atoms with E-state index in [1.54, 1.807) is 0 Å². The van der Waals surface area contributed by atoms with Crippen LogP contribution in [0.2, 0.25) is 0 Å². The Morgan fingerprint density at radius 3 is 1.73 bits per heavy atom. The van der Waals surface area contributed by atoms with Gasteiger partial charge in [0.2, 0.25) is 0 Å². The van der Waals surface area contributed by atoms with Crippen LogP contribution in [0.1, 0.15) is 16.7 Å². The fraction of sp³-hybridized carbons (Fsp3) is 0.231. The van der Waals surface area contributed by atoms with Gasteiger partial charge in [-0.15, -0.1) is 11.6 Å². The molecule has 0 aliphatic heterocycles. The lowest BCUT2D eigenvalue weighted by Crippen LogP contribution is -2.50. The Hall–Kier alpha value is -3.35. The molecule has 0 aliphatic carbocycles. The second-order valence-corrected chi connectivity index (χ2v) is 7.96. The molecule has 0 radical (unpaired) electrons. The van der Waals surface area contributed by atoms with Gasteiger partial charge < -0.3 is 19.9 Å². The van der Waals surface area contributed by atoms with E-state index in [4.69, 9.17) is 21.1 Å². The summed E-state index contributed by atoms with van der Waals surface area (Å²) < 4.78 is 10.5. The third-order valence-corrected chi connectivity index (χ3v) is 5.41. The Kier molecular flexibility index (Phi) is 9.30. The highest BCUT2D eigenvalue weighted by atomic mass is 35.5. The molecule has 0 saturated heterocycles. The lowest BCUT2D eigenvalue weighted by atomic mass is 9.99. The molecule has 3 atom stereocenters. The van der Waals surface area contributed by atoms with Gasteiger partial charge in [0.25, 0.3) is 0 Å². The van der Waals surface area contributed by atoms with Crippen molar-refractivity contribution in [2.75, 3.05) is 0 Å². The number of rotatable bonds is 10. The van der Waals surface area contributed by atoms with Crippen molar-refractivity contribution in [2.45, 2.75) is 37.2 Å².